The number of piperazine rings is 1. The van der Waals surface area contributed by atoms with Crippen LogP contribution in [0.1, 0.15) is 22.3 Å². The summed E-state index contributed by atoms with van der Waals surface area (Å²) in [6.45, 7) is 12.0. The van der Waals surface area contributed by atoms with Crippen LogP contribution in [0.25, 0.3) is 0 Å². The van der Waals surface area contributed by atoms with Crippen LogP contribution >= 0.6 is 0 Å². The number of likely N-dealkylation sites (N-methyl/N-ethyl adjacent to an activating group) is 1. The maximum atomic E-state index is 12.8. The first kappa shape index (κ1) is 22.8. The van der Waals surface area contributed by atoms with E-state index in [1.807, 2.05) is 44.0 Å². The lowest BCUT2D eigenvalue weighted by atomic mass is 10.1. The van der Waals surface area contributed by atoms with Crippen molar-refractivity contribution >= 4 is 23.2 Å². The van der Waals surface area contributed by atoms with Crippen molar-refractivity contribution in [2.75, 3.05) is 56.5 Å². The molecule has 2 N–H and O–H groups in total. The maximum absolute atomic E-state index is 12.8. The minimum atomic E-state index is -0.0672. The predicted octanol–water partition coefficient (Wildman–Crippen LogP) is 1.72. The van der Waals surface area contributed by atoms with Crippen LogP contribution in [0.3, 0.4) is 0 Å². The van der Waals surface area contributed by atoms with E-state index >= 15 is 0 Å². The van der Waals surface area contributed by atoms with E-state index in [0.29, 0.717) is 19.6 Å². The molecule has 1 heterocycles. The normalized spacial score (nSPS) is 15.0. The molecule has 6 nitrogen and oxygen atoms in total. The van der Waals surface area contributed by atoms with Crippen LogP contribution < -0.4 is 15.1 Å². The lowest BCUT2D eigenvalue weighted by Crippen LogP contribution is -3.11. The minimum absolute atomic E-state index is 0.0672. The topological polar surface area (TPSA) is 57.1 Å². The molecule has 2 aromatic rings. The van der Waals surface area contributed by atoms with Gasteiger partial charge in [0.1, 0.15) is 0 Å². The van der Waals surface area contributed by atoms with E-state index in [9.17, 15) is 9.59 Å². The minimum Gasteiger partial charge on any atom is -0.368 e. The van der Waals surface area contributed by atoms with Crippen molar-refractivity contribution in [1.29, 1.82) is 0 Å². The second kappa shape index (κ2) is 9.96. The Morgan fingerprint density at radius 2 is 1.45 bits per heavy atom. The molecule has 0 aromatic heterocycles. The molecule has 1 aliphatic heterocycles. The fraction of sp³-hybridized carbons (Fsp3) is 0.440. The number of hydrogen-bond acceptors (Lipinski definition) is 3. The second-order valence-corrected chi connectivity index (χ2v) is 8.71. The number of hydrogen-bond donors (Lipinski definition) is 2. The van der Waals surface area contributed by atoms with Crippen molar-refractivity contribution in [2.24, 2.45) is 0 Å². The standard InChI is InChI=1S/C25H34N4O2/c1-18-8-7-11-22(21(18)4)28-12-14-29(15-13-28)24(31)17-27(5)16-23(30)26-25-19(2)9-6-10-20(25)3/h6-11H,12-17H2,1-5H3,(H,26,30)/p+1. The number of carbonyl (C=O) groups excluding carboxylic acids is 2. The van der Waals surface area contributed by atoms with Crippen LogP contribution in [0.4, 0.5) is 11.4 Å². The lowest BCUT2D eigenvalue weighted by Gasteiger charge is -2.37. The molecule has 0 radical (unpaired) electrons. The molecular formula is C25H35N4O2+. The summed E-state index contributed by atoms with van der Waals surface area (Å²) < 4.78 is 0. The van der Waals surface area contributed by atoms with Crippen molar-refractivity contribution in [2.45, 2.75) is 27.7 Å². The molecule has 2 amide bonds. The molecule has 166 valence electrons. The van der Waals surface area contributed by atoms with Crippen LogP contribution in [0.5, 0.6) is 0 Å². The quantitative estimate of drug-likeness (QED) is 0.744. The number of anilines is 2. The first-order chi connectivity index (χ1) is 14.8. The highest BCUT2D eigenvalue weighted by atomic mass is 16.2. The zero-order valence-corrected chi connectivity index (χ0v) is 19.4. The van der Waals surface area contributed by atoms with E-state index in [-0.39, 0.29) is 18.4 Å². The summed E-state index contributed by atoms with van der Waals surface area (Å²) >= 11 is 0. The molecule has 0 aliphatic carbocycles. The van der Waals surface area contributed by atoms with Gasteiger partial charge >= 0.3 is 0 Å². The highest BCUT2D eigenvalue weighted by Crippen LogP contribution is 2.23. The fourth-order valence-electron chi connectivity index (χ4n) is 4.18. The van der Waals surface area contributed by atoms with Gasteiger partial charge in [-0.3, -0.25) is 9.59 Å². The van der Waals surface area contributed by atoms with Crippen molar-refractivity contribution in [3.63, 3.8) is 0 Å². The largest absolute Gasteiger partial charge is 0.368 e. The molecular weight excluding hydrogens is 388 g/mol. The Balaban J connectivity index is 1.48. The number of quaternary nitrogens is 1. The Morgan fingerprint density at radius 3 is 2.10 bits per heavy atom. The van der Waals surface area contributed by atoms with E-state index in [1.54, 1.807) is 0 Å². The van der Waals surface area contributed by atoms with Gasteiger partial charge in [0.05, 0.1) is 7.05 Å². The molecule has 6 heteroatoms. The number of rotatable bonds is 6. The van der Waals surface area contributed by atoms with Crippen molar-refractivity contribution in [3.05, 3.63) is 58.7 Å². The molecule has 2 aromatic carbocycles. The molecule has 3 rings (SSSR count). The van der Waals surface area contributed by atoms with Crippen LogP contribution in [0.15, 0.2) is 36.4 Å². The van der Waals surface area contributed by atoms with Gasteiger partial charge < -0.3 is 20.0 Å². The molecule has 0 spiro atoms. The van der Waals surface area contributed by atoms with E-state index in [1.165, 1.54) is 16.8 Å². The lowest BCUT2D eigenvalue weighted by molar-refractivity contribution is -0.862. The second-order valence-electron chi connectivity index (χ2n) is 8.71. The van der Waals surface area contributed by atoms with Gasteiger partial charge in [-0.15, -0.1) is 0 Å². The molecule has 1 unspecified atom stereocenters. The third kappa shape index (κ3) is 5.64. The number of nitrogens with zero attached hydrogens (tertiary/aromatic N) is 2. The molecule has 1 fully saturated rings. The Bertz CT molecular complexity index is 928. The summed E-state index contributed by atoms with van der Waals surface area (Å²) in [4.78, 5) is 30.4. The molecule has 1 aliphatic rings. The van der Waals surface area contributed by atoms with Gasteiger partial charge in [-0.05, 0) is 56.0 Å². The summed E-state index contributed by atoms with van der Waals surface area (Å²) in [5, 5.41) is 3.00. The Morgan fingerprint density at radius 1 is 0.871 bits per heavy atom. The van der Waals surface area contributed by atoms with Crippen LogP contribution in [-0.4, -0.2) is 63.0 Å². The average Bonchev–Trinajstić information content (AvgIpc) is 2.73. The molecule has 1 saturated heterocycles. The first-order valence-electron chi connectivity index (χ1n) is 11.0. The van der Waals surface area contributed by atoms with Crippen molar-refractivity contribution in [3.8, 4) is 0 Å². The summed E-state index contributed by atoms with van der Waals surface area (Å²) in [5.41, 5.74) is 6.82. The number of carbonyl (C=O) groups is 2. The summed E-state index contributed by atoms with van der Waals surface area (Å²) in [6.07, 6.45) is 0. The van der Waals surface area contributed by atoms with Gasteiger partial charge in [-0.25, -0.2) is 0 Å². The monoisotopic (exact) mass is 423 g/mol. The van der Waals surface area contributed by atoms with Crippen molar-refractivity contribution in [1.82, 2.24) is 4.90 Å². The highest BCUT2D eigenvalue weighted by Gasteiger charge is 2.25. The number of benzene rings is 2. The van der Waals surface area contributed by atoms with Gasteiger partial charge in [0.25, 0.3) is 11.8 Å². The Kier molecular flexibility index (Phi) is 7.33. The molecule has 1 atom stereocenters. The van der Waals surface area contributed by atoms with E-state index in [0.717, 1.165) is 34.8 Å². The molecule has 0 bridgehead atoms. The fourth-order valence-corrected chi connectivity index (χ4v) is 4.18. The van der Waals surface area contributed by atoms with E-state index in [2.05, 4.69) is 42.3 Å². The van der Waals surface area contributed by atoms with Gasteiger partial charge in [0.15, 0.2) is 13.1 Å². The van der Waals surface area contributed by atoms with Gasteiger partial charge in [0.2, 0.25) is 0 Å². The van der Waals surface area contributed by atoms with Gasteiger partial charge in [-0.1, -0.05) is 30.3 Å². The van der Waals surface area contributed by atoms with E-state index in [4.69, 9.17) is 0 Å². The number of aryl methyl sites for hydroxylation is 3. The maximum Gasteiger partial charge on any atom is 0.279 e. The summed E-state index contributed by atoms with van der Waals surface area (Å²) in [7, 11) is 1.90. The number of nitrogens with one attached hydrogen (secondary N) is 2. The highest BCUT2D eigenvalue weighted by molar-refractivity contribution is 5.93. The zero-order chi connectivity index (χ0) is 22.5. The molecule has 31 heavy (non-hydrogen) atoms. The number of para-hydroxylation sites is 1. The first-order valence-corrected chi connectivity index (χ1v) is 11.0. The average molecular weight is 424 g/mol. The van der Waals surface area contributed by atoms with Crippen LogP contribution in [0.2, 0.25) is 0 Å². The van der Waals surface area contributed by atoms with E-state index < -0.39 is 0 Å². The Hall–Kier alpha value is -2.86. The van der Waals surface area contributed by atoms with Crippen molar-refractivity contribution < 1.29 is 14.5 Å². The zero-order valence-electron chi connectivity index (χ0n) is 19.4. The Labute approximate surface area is 185 Å². The van der Waals surface area contributed by atoms with Gasteiger partial charge in [-0.2, -0.15) is 0 Å². The summed E-state index contributed by atoms with van der Waals surface area (Å²) in [5.74, 6) is 0.0421. The third-order valence-corrected chi connectivity index (χ3v) is 6.21. The molecule has 0 saturated carbocycles. The summed E-state index contributed by atoms with van der Waals surface area (Å²) in [6, 6.07) is 12.3. The number of amides is 2. The van der Waals surface area contributed by atoms with Crippen LogP contribution in [-0.2, 0) is 9.59 Å². The predicted molar refractivity (Wildman–Crippen MR) is 126 cm³/mol. The smallest absolute Gasteiger partial charge is 0.279 e. The van der Waals surface area contributed by atoms with Crippen LogP contribution in [0, 0.1) is 27.7 Å². The SMILES string of the molecule is Cc1cccc(N2CCN(C(=O)C[NH+](C)CC(=O)Nc3c(C)cccc3C)CC2)c1C. The third-order valence-electron chi connectivity index (χ3n) is 6.21. The van der Waals surface area contributed by atoms with Gasteiger partial charge in [0, 0.05) is 37.6 Å².